The number of anilines is 1. The van der Waals surface area contributed by atoms with E-state index in [4.69, 9.17) is 10.00 Å². The Morgan fingerprint density at radius 3 is 2.84 bits per heavy atom. The average Bonchev–Trinajstić information content (AvgIpc) is 2.76. The Morgan fingerprint density at radius 2 is 2.26 bits per heavy atom. The Morgan fingerprint density at radius 1 is 1.47 bits per heavy atom. The summed E-state index contributed by atoms with van der Waals surface area (Å²) in [5.74, 6) is 0.667. The van der Waals surface area contributed by atoms with Gasteiger partial charge in [0.2, 0.25) is 0 Å². The molecule has 98 valence electrons. The highest BCUT2D eigenvalue weighted by Crippen LogP contribution is 2.26. The van der Waals surface area contributed by atoms with Crippen molar-refractivity contribution in [1.29, 1.82) is 5.26 Å². The summed E-state index contributed by atoms with van der Waals surface area (Å²) >= 11 is 0. The van der Waals surface area contributed by atoms with Gasteiger partial charge in [0.25, 0.3) is 0 Å². The number of aryl methyl sites for hydroxylation is 1. The molecule has 0 spiro atoms. The second-order valence-corrected chi connectivity index (χ2v) is 4.26. The largest absolute Gasteiger partial charge is 0.495 e. The predicted molar refractivity (Wildman–Crippen MR) is 73.0 cm³/mol. The van der Waals surface area contributed by atoms with E-state index in [1.54, 1.807) is 19.2 Å². The smallest absolute Gasteiger partial charge is 0.143 e. The second kappa shape index (κ2) is 5.44. The summed E-state index contributed by atoms with van der Waals surface area (Å²) in [5.41, 5.74) is 3.71. The molecule has 5 heteroatoms. The van der Waals surface area contributed by atoms with Gasteiger partial charge in [-0.25, -0.2) is 0 Å². The van der Waals surface area contributed by atoms with Gasteiger partial charge in [0.1, 0.15) is 5.75 Å². The molecular formula is C14H16N4O. The zero-order valence-corrected chi connectivity index (χ0v) is 11.3. The lowest BCUT2D eigenvalue weighted by molar-refractivity contribution is 0.416. The van der Waals surface area contributed by atoms with Crippen LogP contribution in [0.4, 0.5) is 5.69 Å². The van der Waals surface area contributed by atoms with E-state index < -0.39 is 0 Å². The second-order valence-electron chi connectivity index (χ2n) is 4.26. The fourth-order valence-electron chi connectivity index (χ4n) is 1.81. The lowest BCUT2D eigenvalue weighted by atomic mass is 10.2. The zero-order valence-electron chi connectivity index (χ0n) is 11.3. The van der Waals surface area contributed by atoms with Crippen LogP contribution in [0.3, 0.4) is 0 Å². The summed E-state index contributed by atoms with van der Waals surface area (Å²) in [4.78, 5) is 0. The van der Waals surface area contributed by atoms with Crippen LogP contribution in [0.15, 0.2) is 24.4 Å². The molecule has 1 aromatic heterocycles. The van der Waals surface area contributed by atoms with E-state index in [1.807, 2.05) is 30.9 Å². The first-order chi connectivity index (χ1) is 9.15. The molecule has 1 aromatic carbocycles. The number of methoxy groups -OCH3 is 1. The summed E-state index contributed by atoms with van der Waals surface area (Å²) in [6, 6.07) is 7.43. The highest BCUT2D eigenvalue weighted by atomic mass is 16.5. The number of hydrogen-bond donors (Lipinski definition) is 1. The maximum absolute atomic E-state index is 8.86. The van der Waals surface area contributed by atoms with E-state index in [0.29, 0.717) is 17.9 Å². The minimum Gasteiger partial charge on any atom is -0.495 e. The predicted octanol–water partition coefficient (Wildman–Crippen LogP) is 2.22. The number of rotatable bonds is 4. The monoisotopic (exact) mass is 256 g/mol. The van der Waals surface area contributed by atoms with E-state index in [1.165, 1.54) is 0 Å². The number of hydrogen-bond acceptors (Lipinski definition) is 4. The summed E-state index contributed by atoms with van der Waals surface area (Å²) in [6.07, 6.45) is 1.85. The fourth-order valence-corrected chi connectivity index (χ4v) is 1.81. The molecule has 0 bridgehead atoms. The van der Waals surface area contributed by atoms with Gasteiger partial charge in [-0.1, -0.05) is 0 Å². The summed E-state index contributed by atoms with van der Waals surface area (Å²) < 4.78 is 7.12. The third-order valence-corrected chi connectivity index (χ3v) is 3.14. The molecule has 2 rings (SSSR count). The van der Waals surface area contributed by atoms with Crippen LogP contribution in [-0.2, 0) is 13.6 Å². The van der Waals surface area contributed by atoms with Crippen molar-refractivity contribution in [2.45, 2.75) is 13.5 Å². The number of ether oxygens (including phenoxy) is 1. The maximum Gasteiger partial charge on any atom is 0.143 e. The van der Waals surface area contributed by atoms with Crippen molar-refractivity contribution in [2.75, 3.05) is 12.4 Å². The van der Waals surface area contributed by atoms with Crippen LogP contribution in [0.2, 0.25) is 0 Å². The molecule has 0 unspecified atom stereocenters. The van der Waals surface area contributed by atoms with Crippen LogP contribution in [0.1, 0.15) is 16.8 Å². The Labute approximate surface area is 112 Å². The summed E-state index contributed by atoms with van der Waals surface area (Å²) in [6.45, 7) is 2.70. The van der Waals surface area contributed by atoms with Gasteiger partial charge in [-0.05, 0) is 19.1 Å². The molecule has 0 saturated carbocycles. The topological polar surface area (TPSA) is 62.9 Å². The first kappa shape index (κ1) is 13.0. The Bertz CT molecular complexity index is 625. The quantitative estimate of drug-likeness (QED) is 0.911. The van der Waals surface area contributed by atoms with E-state index in [-0.39, 0.29) is 0 Å². The highest BCUT2D eigenvalue weighted by molar-refractivity contribution is 5.59. The Balaban J connectivity index is 2.16. The first-order valence-corrected chi connectivity index (χ1v) is 5.95. The van der Waals surface area contributed by atoms with Gasteiger partial charge >= 0.3 is 0 Å². The highest BCUT2D eigenvalue weighted by Gasteiger charge is 2.07. The average molecular weight is 256 g/mol. The Hall–Kier alpha value is -2.48. The first-order valence-electron chi connectivity index (χ1n) is 5.95. The molecular weight excluding hydrogens is 240 g/mol. The number of benzene rings is 1. The minimum absolute atomic E-state index is 0.583. The van der Waals surface area contributed by atoms with Gasteiger partial charge in [-0.2, -0.15) is 10.4 Å². The SMILES string of the molecule is COc1cc(C#N)ccc1NCc1cnn(C)c1C. The third-order valence-electron chi connectivity index (χ3n) is 3.14. The number of nitriles is 1. The molecule has 2 aromatic rings. The van der Waals surface area contributed by atoms with Gasteiger partial charge in [0, 0.05) is 30.9 Å². The molecule has 19 heavy (non-hydrogen) atoms. The molecule has 1 heterocycles. The van der Waals surface area contributed by atoms with Gasteiger partial charge in [-0.3, -0.25) is 4.68 Å². The van der Waals surface area contributed by atoms with Gasteiger partial charge < -0.3 is 10.1 Å². The van der Waals surface area contributed by atoms with E-state index >= 15 is 0 Å². The van der Waals surface area contributed by atoms with Crippen molar-refractivity contribution in [3.63, 3.8) is 0 Å². The van der Waals surface area contributed by atoms with Crippen LogP contribution in [0, 0.1) is 18.3 Å². The van der Waals surface area contributed by atoms with Crippen LogP contribution in [0.5, 0.6) is 5.75 Å². The van der Waals surface area contributed by atoms with Crippen molar-refractivity contribution >= 4 is 5.69 Å². The Kier molecular flexibility index (Phi) is 3.71. The fraction of sp³-hybridized carbons (Fsp3) is 0.286. The van der Waals surface area contributed by atoms with E-state index in [0.717, 1.165) is 16.9 Å². The number of nitrogens with one attached hydrogen (secondary N) is 1. The van der Waals surface area contributed by atoms with Gasteiger partial charge in [0.15, 0.2) is 0 Å². The van der Waals surface area contributed by atoms with E-state index in [2.05, 4.69) is 16.5 Å². The molecule has 5 nitrogen and oxygen atoms in total. The molecule has 0 atom stereocenters. The van der Waals surface area contributed by atoms with Gasteiger partial charge in [0.05, 0.1) is 30.6 Å². The molecule has 1 N–H and O–H groups in total. The van der Waals surface area contributed by atoms with Crippen LogP contribution in [0.25, 0.3) is 0 Å². The number of nitrogens with zero attached hydrogens (tertiary/aromatic N) is 3. The summed E-state index contributed by atoms with van der Waals surface area (Å²) in [7, 11) is 3.51. The van der Waals surface area contributed by atoms with Crippen molar-refractivity contribution < 1.29 is 4.74 Å². The molecule has 0 fully saturated rings. The zero-order chi connectivity index (χ0) is 13.8. The maximum atomic E-state index is 8.86. The summed E-state index contributed by atoms with van der Waals surface area (Å²) in [5, 5.41) is 16.4. The number of aromatic nitrogens is 2. The van der Waals surface area contributed by atoms with Crippen LogP contribution in [-0.4, -0.2) is 16.9 Å². The minimum atomic E-state index is 0.583. The van der Waals surface area contributed by atoms with Gasteiger partial charge in [-0.15, -0.1) is 0 Å². The molecule has 0 aliphatic heterocycles. The standard InChI is InChI=1S/C14H16N4O/c1-10-12(9-17-18(10)2)8-16-13-5-4-11(7-15)6-14(13)19-3/h4-6,9,16H,8H2,1-3H3. The van der Waals surface area contributed by atoms with Crippen LogP contribution < -0.4 is 10.1 Å². The third kappa shape index (κ3) is 2.68. The molecule has 0 aliphatic carbocycles. The van der Waals surface area contributed by atoms with Crippen molar-refractivity contribution in [3.05, 3.63) is 41.2 Å². The van der Waals surface area contributed by atoms with Crippen molar-refractivity contribution in [3.8, 4) is 11.8 Å². The lowest BCUT2D eigenvalue weighted by Crippen LogP contribution is -2.03. The molecule has 0 aliphatic rings. The molecule has 0 amide bonds. The lowest BCUT2D eigenvalue weighted by Gasteiger charge is -2.11. The van der Waals surface area contributed by atoms with Crippen molar-refractivity contribution in [2.24, 2.45) is 7.05 Å². The van der Waals surface area contributed by atoms with E-state index in [9.17, 15) is 0 Å². The normalized spacial score (nSPS) is 10.0. The van der Waals surface area contributed by atoms with Crippen molar-refractivity contribution in [1.82, 2.24) is 9.78 Å². The van der Waals surface area contributed by atoms with Crippen LogP contribution >= 0.6 is 0 Å². The molecule has 0 radical (unpaired) electrons. The molecule has 0 saturated heterocycles.